The Hall–Kier alpha value is -3.17. The minimum atomic E-state index is -0.482. The largest absolute Gasteiger partial charge is 0.493 e. The Balaban J connectivity index is 1.22. The van der Waals surface area contributed by atoms with Gasteiger partial charge in [-0.15, -0.1) is 0 Å². The van der Waals surface area contributed by atoms with Crippen LogP contribution in [0.4, 0.5) is 15.9 Å². The molecule has 36 heavy (non-hydrogen) atoms. The summed E-state index contributed by atoms with van der Waals surface area (Å²) in [4.78, 5) is 22.8. The summed E-state index contributed by atoms with van der Waals surface area (Å²) in [5.74, 6) is 1.45. The number of halogens is 2. The number of hydrogen-bond acceptors (Lipinski definition) is 7. The number of hydrogen-bond donors (Lipinski definition) is 2. The number of likely N-dealkylation sites (tertiary alicyclic amines) is 1. The van der Waals surface area contributed by atoms with Crippen LogP contribution in [0, 0.1) is 5.82 Å². The molecule has 0 saturated carbocycles. The second kappa shape index (κ2) is 10.4. The monoisotopic (exact) mass is 513 g/mol. The van der Waals surface area contributed by atoms with Crippen molar-refractivity contribution in [3.8, 4) is 11.5 Å². The smallest absolute Gasteiger partial charge is 0.220 e. The maximum atomic E-state index is 13.5. The van der Waals surface area contributed by atoms with Crippen molar-refractivity contribution in [3.63, 3.8) is 0 Å². The van der Waals surface area contributed by atoms with Crippen LogP contribution in [0.2, 0.25) is 5.02 Å². The Morgan fingerprint density at radius 1 is 1.17 bits per heavy atom. The molecule has 10 heteroatoms. The van der Waals surface area contributed by atoms with Gasteiger partial charge in [0.1, 0.15) is 18.0 Å². The summed E-state index contributed by atoms with van der Waals surface area (Å²) in [7, 11) is 1.60. The van der Waals surface area contributed by atoms with Gasteiger partial charge in [-0.05, 0) is 49.9 Å². The zero-order valence-electron chi connectivity index (χ0n) is 20.2. The first-order valence-corrected chi connectivity index (χ1v) is 12.5. The van der Waals surface area contributed by atoms with E-state index in [-0.39, 0.29) is 16.5 Å². The van der Waals surface area contributed by atoms with Gasteiger partial charge >= 0.3 is 0 Å². The third-order valence-electron chi connectivity index (χ3n) is 7.03. The topological polar surface area (TPSA) is 88.6 Å². The minimum Gasteiger partial charge on any atom is -0.493 e. The first kappa shape index (κ1) is 24.5. The molecule has 0 unspecified atom stereocenters. The van der Waals surface area contributed by atoms with Gasteiger partial charge in [-0.2, -0.15) is 0 Å². The number of methoxy groups -OCH3 is 1. The van der Waals surface area contributed by atoms with Crippen LogP contribution in [-0.4, -0.2) is 59.7 Å². The maximum Gasteiger partial charge on any atom is 0.220 e. The number of carbonyl (C=O) groups excluding carboxylic acids is 1. The molecule has 1 spiro atoms. The van der Waals surface area contributed by atoms with Crippen LogP contribution < -0.4 is 20.1 Å². The molecule has 2 aliphatic heterocycles. The fraction of sp³-hybridized carbons (Fsp3) is 0.423. The lowest BCUT2D eigenvalue weighted by molar-refractivity contribution is -0.120. The van der Waals surface area contributed by atoms with E-state index in [1.807, 2.05) is 12.1 Å². The number of carbonyl (C=O) groups is 1. The molecular weight excluding hydrogens is 485 g/mol. The number of fused-ring (bicyclic) bond motifs is 1. The van der Waals surface area contributed by atoms with Crippen molar-refractivity contribution in [2.45, 2.75) is 37.6 Å². The second-order valence-electron chi connectivity index (χ2n) is 9.37. The summed E-state index contributed by atoms with van der Waals surface area (Å²) >= 11 is 5.92. The van der Waals surface area contributed by atoms with Gasteiger partial charge in [0, 0.05) is 48.7 Å². The number of piperidine rings is 1. The first-order valence-electron chi connectivity index (χ1n) is 12.2. The van der Waals surface area contributed by atoms with Crippen LogP contribution in [0.5, 0.6) is 11.5 Å². The molecule has 1 aromatic heterocycles. The van der Waals surface area contributed by atoms with E-state index in [2.05, 4.69) is 25.5 Å². The summed E-state index contributed by atoms with van der Waals surface area (Å²) in [6.07, 6.45) is 5.95. The Kier molecular flexibility index (Phi) is 7.11. The molecule has 5 rings (SSSR count). The zero-order chi connectivity index (χ0) is 25.1. The fourth-order valence-electron chi connectivity index (χ4n) is 4.97. The van der Waals surface area contributed by atoms with Crippen molar-refractivity contribution in [2.75, 3.05) is 38.7 Å². The lowest BCUT2D eigenvalue weighted by Gasteiger charge is -2.39. The standard InChI is InChI=1S/C26H29ClFN5O3/c1-35-22-15-21-18(25(30-16-29-21)31-17-3-4-20(28)19(27)13-17)14-23(22)36-12-2-9-33-10-7-26(8-11-33)6-5-24(34)32-26/h3-4,13-16H,2,5-12H2,1H3,(H,32,34)(H,29,30,31). The molecule has 0 radical (unpaired) electrons. The van der Waals surface area contributed by atoms with Crippen LogP contribution in [0.15, 0.2) is 36.7 Å². The molecule has 2 N–H and O–H groups in total. The van der Waals surface area contributed by atoms with E-state index in [1.54, 1.807) is 13.2 Å². The van der Waals surface area contributed by atoms with E-state index in [9.17, 15) is 9.18 Å². The molecule has 3 heterocycles. The van der Waals surface area contributed by atoms with Gasteiger partial charge < -0.3 is 25.0 Å². The molecule has 2 fully saturated rings. The Labute approximate surface area is 214 Å². The van der Waals surface area contributed by atoms with E-state index in [1.165, 1.54) is 18.5 Å². The molecule has 190 valence electrons. The highest BCUT2D eigenvalue weighted by atomic mass is 35.5. The number of rotatable bonds is 8. The predicted octanol–water partition coefficient (Wildman–Crippen LogP) is 4.69. The number of nitrogens with zero attached hydrogens (tertiary/aromatic N) is 3. The molecule has 2 aromatic carbocycles. The number of benzene rings is 2. The Morgan fingerprint density at radius 2 is 2.00 bits per heavy atom. The molecule has 2 saturated heterocycles. The van der Waals surface area contributed by atoms with Gasteiger partial charge in [0.05, 0.1) is 24.3 Å². The average Bonchev–Trinajstić information content (AvgIpc) is 3.24. The fourth-order valence-corrected chi connectivity index (χ4v) is 5.15. The normalized spacial score (nSPS) is 17.4. The molecule has 8 nitrogen and oxygen atoms in total. The number of nitrogens with one attached hydrogen (secondary N) is 2. The number of anilines is 2. The Bertz CT molecular complexity index is 1270. The van der Waals surface area contributed by atoms with E-state index in [0.29, 0.717) is 41.5 Å². The van der Waals surface area contributed by atoms with E-state index >= 15 is 0 Å². The highest BCUT2D eigenvalue weighted by Crippen LogP contribution is 2.35. The van der Waals surface area contributed by atoms with Gasteiger partial charge in [-0.3, -0.25) is 4.79 Å². The lowest BCUT2D eigenvalue weighted by atomic mass is 9.86. The van der Waals surface area contributed by atoms with Crippen molar-refractivity contribution < 1.29 is 18.7 Å². The van der Waals surface area contributed by atoms with Gasteiger partial charge in [-0.1, -0.05) is 11.6 Å². The maximum absolute atomic E-state index is 13.5. The van der Waals surface area contributed by atoms with E-state index in [4.69, 9.17) is 21.1 Å². The Morgan fingerprint density at radius 3 is 2.72 bits per heavy atom. The zero-order valence-corrected chi connectivity index (χ0v) is 20.9. The molecule has 0 atom stereocenters. The molecule has 0 aliphatic carbocycles. The average molecular weight is 514 g/mol. The van der Waals surface area contributed by atoms with Crippen molar-refractivity contribution >= 4 is 39.9 Å². The highest BCUT2D eigenvalue weighted by molar-refractivity contribution is 6.31. The van der Waals surface area contributed by atoms with E-state index in [0.717, 1.165) is 50.7 Å². The summed E-state index contributed by atoms with van der Waals surface area (Å²) in [6, 6.07) is 8.08. The number of aromatic nitrogens is 2. The number of ether oxygens (including phenoxy) is 2. The lowest BCUT2D eigenvalue weighted by Crippen LogP contribution is -2.51. The van der Waals surface area contributed by atoms with Crippen LogP contribution >= 0.6 is 11.6 Å². The van der Waals surface area contributed by atoms with Crippen molar-refractivity contribution in [3.05, 3.63) is 47.5 Å². The quantitative estimate of drug-likeness (QED) is 0.422. The first-order chi connectivity index (χ1) is 17.4. The SMILES string of the molecule is COc1cc2ncnc(Nc3ccc(F)c(Cl)c3)c2cc1OCCCN1CCC2(CCC(=O)N2)CC1. The van der Waals surface area contributed by atoms with Crippen molar-refractivity contribution in [2.24, 2.45) is 0 Å². The minimum absolute atomic E-state index is 0.0234. The summed E-state index contributed by atoms with van der Waals surface area (Å²) in [6.45, 7) is 3.43. The third-order valence-corrected chi connectivity index (χ3v) is 7.32. The predicted molar refractivity (Wildman–Crippen MR) is 137 cm³/mol. The van der Waals surface area contributed by atoms with E-state index < -0.39 is 5.82 Å². The summed E-state index contributed by atoms with van der Waals surface area (Å²) in [5, 5.41) is 7.14. The molecular formula is C26H29ClFN5O3. The van der Waals surface area contributed by atoms with Crippen LogP contribution in [-0.2, 0) is 4.79 Å². The van der Waals surface area contributed by atoms with Gasteiger partial charge in [0.25, 0.3) is 0 Å². The molecule has 1 amide bonds. The molecule has 2 aliphatic rings. The van der Waals surface area contributed by atoms with Crippen molar-refractivity contribution in [1.82, 2.24) is 20.2 Å². The molecule has 3 aromatic rings. The van der Waals surface area contributed by atoms with Crippen LogP contribution in [0.3, 0.4) is 0 Å². The summed E-state index contributed by atoms with van der Waals surface area (Å²) < 4.78 is 25.2. The van der Waals surface area contributed by atoms with Crippen LogP contribution in [0.1, 0.15) is 32.1 Å². The van der Waals surface area contributed by atoms with Crippen molar-refractivity contribution in [1.29, 1.82) is 0 Å². The third kappa shape index (κ3) is 5.32. The van der Waals surface area contributed by atoms with Gasteiger partial charge in [0.15, 0.2) is 11.5 Å². The van der Waals surface area contributed by atoms with Gasteiger partial charge in [-0.25, -0.2) is 14.4 Å². The van der Waals surface area contributed by atoms with Crippen LogP contribution in [0.25, 0.3) is 10.9 Å². The second-order valence-corrected chi connectivity index (χ2v) is 9.78. The highest BCUT2D eigenvalue weighted by Gasteiger charge is 2.39. The summed E-state index contributed by atoms with van der Waals surface area (Å²) in [5.41, 5.74) is 1.32. The molecule has 0 bridgehead atoms. The number of amides is 1. The van der Waals surface area contributed by atoms with Gasteiger partial charge in [0.2, 0.25) is 5.91 Å².